The van der Waals surface area contributed by atoms with Crippen molar-refractivity contribution in [3.05, 3.63) is 46.7 Å². The van der Waals surface area contributed by atoms with Gasteiger partial charge in [0.1, 0.15) is 5.82 Å². The van der Waals surface area contributed by atoms with Crippen LogP contribution < -0.4 is 4.90 Å². The molecule has 1 aliphatic heterocycles. The largest absolute Gasteiger partial charge is 0.435 e. The van der Waals surface area contributed by atoms with Gasteiger partial charge in [0.2, 0.25) is 0 Å². The normalized spacial score (nSPS) is 18.9. The Balaban J connectivity index is 1.55. The van der Waals surface area contributed by atoms with Crippen molar-refractivity contribution < 1.29 is 13.2 Å². The van der Waals surface area contributed by atoms with E-state index in [1.54, 1.807) is 31.2 Å². The van der Waals surface area contributed by atoms with Gasteiger partial charge in [-0.25, -0.2) is 4.98 Å². The maximum Gasteiger partial charge on any atom is 0.435 e. The zero-order valence-corrected chi connectivity index (χ0v) is 19.3. The first-order valence-corrected chi connectivity index (χ1v) is 11.9. The van der Waals surface area contributed by atoms with Crippen LogP contribution in [0.2, 0.25) is 5.02 Å². The molecule has 176 valence electrons. The van der Waals surface area contributed by atoms with Gasteiger partial charge < -0.3 is 4.90 Å². The Hall–Kier alpha value is -2.32. The molecule has 9 heteroatoms. The van der Waals surface area contributed by atoms with Crippen LogP contribution in [0, 0.1) is 6.92 Å². The molecule has 0 unspecified atom stereocenters. The molecule has 1 saturated heterocycles. The number of anilines is 1. The fourth-order valence-corrected chi connectivity index (χ4v) is 5.45. The van der Waals surface area contributed by atoms with E-state index in [1.807, 2.05) is 6.07 Å². The summed E-state index contributed by atoms with van der Waals surface area (Å²) in [6.45, 7) is 5.10. The number of nitrogens with zero attached hydrogens (tertiary/aromatic N) is 5. The Morgan fingerprint density at radius 2 is 1.70 bits per heavy atom. The molecule has 1 saturated carbocycles. The topological polar surface area (TPSA) is 36.7 Å². The Bertz CT molecular complexity index is 1140. The average Bonchev–Trinajstić information content (AvgIpc) is 3.19. The van der Waals surface area contributed by atoms with Gasteiger partial charge >= 0.3 is 6.18 Å². The van der Waals surface area contributed by atoms with Crippen molar-refractivity contribution in [2.24, 2.45) is 0 Å². The fraction of sp³-hybridized carbons (Fsp3) is 0.500. The minimum atomic E-state index is -4.63. The van der Waals surface area contributed by atoms with Crippen LogP contribution in [-0.2, 0) is 6.18 Å². The van der Waals surface area contributed by atoms with Crippen LogP contribution in [0.1, 0.15) is 43.5 Å². The predicted molar refractivity (Wildman–Crippen MR) is 124 cm³/mol. The quantitative estimate of drug-likeness (QED) is 0.475. The summed E-state index contributed by atoms with van der Waals surface area (Å²) in [4.78, 5) is 9.15. The Morgan fingerprint density at radius 3 is 2.36 bits per heavy atom. The van der Waals surface area contributed by atoms with E-state index in [0.29, 0.717) is 17.6 Å². The summed E-state index contributed by atoms with van der Waals surface area (Å²) in [6.07, 6.45) is 1.75. The van der Waals surface area contributed by atoms with Crippen LogP contribution in [0.5, 0.6) is 0 Å². The molecule has 3 heterocycles. The summed E-state index contributed by atoms with van der Waals surface area (Å²) in [5.41, 5.74) is 0.0802. The van der Waals surface area contributed by atoms with E-state index < -0.39 is 11.9 Å². The van der Waals surface area contributed by atoms with Crippen molar-refractivity contribution >= 4 is 23.1 Å². The Labute approximate surface area is 196 Å². The van der Waals surface area contributed by atoms with Crippen molar-refractivity contribution in [2.45, 2.75) is 51.2 Å². The first-order valence-electron chi connectivity index (χ1n) is 11.5. The molecule has 5 rings (SSSR count). The molecule has 0 amide bonds. The average molecular weight is 478 g/mol. The maximum absolute atomic E-state index is 14.1. The van der Waals surface area contributed by atoms with Crippen molar-refractivity contribution in [3.63, 3.8) is 0 Å². The van der Waals surface area contributed by atoms with E-state index >= 15 is 0 Å². The first kappa shape index (κ1) is 22.5. The molecule has 0 N–H and O–H groups in total. The third-order valence-corrected chi connectivity index (χ3v) is 7.17. The highest BCUT2D eigenvalue weighted by atomic mass is 35.5. The molecule has 0 spiro atoms. The molecule has 5 nitrogen and oxygen atoms in total. The molecule has 3 aromatic rings. The summed E-state index contributed by atoms with van der Waals surface area (Å²) < 4.78 is 43.6. The van der Waals surface area contributed by atoms with E-state index in [4.69, 9.17) is 11.6 Å². The molecule has 0 radical (unpaired) electrons. The van der Waals surface area contributed by atoms with Gasteiger partial charge in [-0.3, -0.25) is 4.90 Å². The highest BCUT2D eigenvalue weighted by molar-refractivity contribution is 6.33. The van der Waals surface area contributed by atoms with Crippen LogP contribution in [0.25, 0.3) is 16.8 Å². The summed E-state index contributed by atoms with van der Waals surface area (Å²) in [5.74, 6) is 0.643. The Kier molecular flexibility index (Phi) is 5.99. The van der Waals surface area contributed by atoms with E-state index in [1.165, 1.54) is 36.6 Å². The summed E-state index contributed by atoms with van der Waals surface area (Å²) in [5, 5.41) is 4.28. The first-order chi connectivity index (χ1) is 15.8. The second kappa shape index (κ2) is 8.80. The summed E-state index contributed by atoms with van der Waals surface area (Å²) in [7, 11) is 0. The van der Waals surface area contributed by atoms with Gasteiger partial charge in [0.15, 0.2) is 11.3 Å². The number of hydrogen-bond donors (Lipinski definition) is 0. The van der Waals surface area contributed by atoms with E-state index in [2.05, 4.69) is 19.9 Å². The fourth-order valence-electron chi connectivity index (χ4n) is 5.22. The zero-order chi connectivity index (χ0) is 23.2. The van der Waals surface area contributed by atoms with Crippen LogP contribution in [-0.4, -0.2) is 51.7 Å². The minimum absolute atomic E-state index is 0.0705. The van der Waals surface area contributed by atoms with Gasteiger partial charge in [0.05, 0.1) is 5.56 Å². The van der Waals surface area contributed by atoms with Gasteiger partial charge in [-0.2, -0.15) is 22.8 Å². The van der Waals surface area contributed by atoms with Gasteiger partial charge in [0.25, 0.3) is 0 Å². The van der Waals surface area contributed by atoms with Gasteiger partial charge in [-0.1, -0.05) is 49.1 Å². The van der Waals surface area contributed by atoms with E-state index in [0.717, 1.165) is 26.2 Å². The lowest BCUT2D eigenvalue weighted by Gasteiger charge is -2.41. The molecule has 2 aliphatic rings. The molecule has 2 aromatic heterocycles. The third kappa shape index (κ3) is 4.30. The molecule has 2 fully saturated rings. The summed E-state index contributed by atoms with van der Waals surface area (Å²) >= 11 is 6.31. The lowest BCUT2D eigenvalue weighted by Crippen LogP contribution is -2.51. The van der Waals surface area contributed by atoms with Crippen molar-refractivity contribution in [3.8, 4) is 11.1 Å². The van der Waals surface area contributed by atoms with E-state index in [-0.39, 0.29) is 21.8 Å². The smallest absolute Gasteiger partial charge is 0.354 e. The Morgan fingerprint density at radius 1 is 1.00 bits per heavy atom. The van der Waals surface area contributed by atoms with Crippen molar-refractivity contribution in [2.75, 3.05) is 31.1 Å². The molecule has 1 aromatic carbocycles. The lowest BCUT2D eigenvalue weighted by molar-refractivity contribution is -0.140. The van der Waals surface area contributed by atoms with Crippen LogP contribution in [0.3, 0.4) is 0 Å². The maximum atomic E-state index is 14.1. The number of fused-ring (bicyclic) bond motifs is 1. The molecule has 1 aliphatic carbocycles. The lowest BCUT2D eigenvalue weighted by atomic mass is 9.94. The third-order valence-electron chi connectivity index (χ3n) is 6.84. The minimum Gasteiger partial charge on any atom is -0.354 e. The van der Waals surface area contributed by atoms with Crippen LogP contribution >= 0.6 is 11.6 Å². The van der Waals surface area contributed by atoms with Gasteiger partial charge in [-0.05, 0) is 25.8 Å². The van der Waals surface area contributed by atoms with Crippen molar-refractivity contribution in [1.29, 1.82) is 0 Å². The summed E-state index contributed by atoms with van der Waals surface area (Å²) in [6, 6.07) is 9.00. The number of rotatable bonds is 3. The number of halogens is 4. The second-order valence-electron chi connectivity index (χ2n) is 9.01. The van der Waals surface area contributed by atoms with Crippen molar-refractivity contribution in [1.82, 2.24) is 19.5 Å². The number of hydrogen-bond acceptors (Lipinski definition) is 4. The standard InChI is InChI=1S/C24H27ClF3N5/c1-16-15-20(32-13-11-31(12-14-32)17-7-3-2-4-8-17)33-23(29-16)21(22(30-33)24(26,27)28)18-9-5-6-10-19(18)25/h5-6,9-10,15,17H,2-4,7-8,11-14H2,1H3. The monoisotopic (exact) mass is 477 g/mol. The predicted octanol–water partition coefficient (Wildman–Crippen LogP) is 5.83. The van der Waals surface area contributed by atoms with Gasteiger partial charge in [0, 0.05) is 54.6 Å². The number of aromatic nitrogens is 3. The molecule has 33 heavy (non-hydrogen) atoms. The zero-order valence-electron chi connectivity index (χ0n) is 18.6. The molecular weight excluding hydrogens is 451 g/mol. The van der Waals surface area contributed by atoms with Gasteiger partial charge in [-0.15, -0.1) is 0 Å². The molecule has 0 bridgehead atoms. The highest BCUT2D eigenvalue weighted by Gasteiger charge is 2.40. The highest BCUT2D eigenvalue weighted by Crippen LogP contribution is 2.42. The van der Waals surface area contributed by atoms with Crippen LogP contribution in [0.15, 0.2) is 30.3 Å². The number of alkyl halides is 3. The molecule has 0 atom stereocenters. The molecular formula is C24H27ClF3N5. The number of piperazine rings is 1. The SMILES string of the molecule is Cc1cc(N2CCN(C3CCCCC3)CC2)n2nc(C(F)(F)F)c(-c3ccccc3Cl)c2n1. The second-order valence-corrected chi connectivity index (χ2v) is 9.41. The number of aryl methyl sites for hydroxylation is 1. The van der Waals surface area contributed by atoms with Crippen LogP contribution in [0.4, 0.5) is 19.0 Å². The number of benzene rings is 1. The van der Waals surface area contributed by atoms with E-state index in [9.17, 15) is 13.2 Å².